The number of aliphatic hydroxyl groups is 1. The number of Topliss-reactive ketones (excluding diaryl/α,β-unsaturated/α-hetero) is 1. The molecule has 44 heavy (non-hydrogen) atoms. The Hall–Kier alpha value is -2.38. The highest BCUT2D eigenvalue weighted by molar-refractivity contribution is 7.91. The van der Waals surface area contributed by atoms with Crippen LogP contribution in [0, 0.1) is 17.3 Å². The average molecular weight is 643 g/mol. The maximum atomic E-state index is 14.1. The fraction of sp³-hybridized carbons (Fsp3) is 0.806. The summed E-state index contributed by atoms with van der Waals surface area (Å²) in [7, 11) is -4.30. The molecule has 0 aromatic carbocycles. The lowest BCUT2D eigenvalue weighted by Gasteiger charge is -2.33. The summed E-state index contributed by atoms with van der Waals surface area (Å²) in [4.78, 5) is 55.8. The van der Waals surface area contributed by atoms with Crippen LogP contribution >= 0.6 is 0 Å². The number of ketones is 1. The molecule has 0 unspecified atom stereocenters. The zero-order valence-electron chi connectivity index (χ0n) is 26.3. The lowest BCUT2D eigenvalue weighted by Crippen LogP contribution is -2.49. The van der Waals surface area contributed by atoms with Gasteiger partial charge in [0.1, 0.15) is 17.0 Å². The standard InChI is InChI=1S/C31H47FN2O9S/c1-6-25-22(14-26(37)43-29(3,4)5)27(38)34-17-21(35)13-23(34)24(36)16-31(15-20(31)10-8-7-9-19(2)42-25)28(39)33-44(40,41)30(18-32)11-12-30/h8,10,19-23,25,35H,6-7,9,11-18H2,1-5H3,(H,33,39)/b10-8-/t19-,20-,21-,22+,23+,25+,31-/m1/s1. The number of hydrogen-bond acceptors (Lipinski definition) is 9. The van der Waals surface area contributed by atoms with Crippen molar-refractivity contribution < 1.29 is 46.6 Å². The zero-order chi connectivity index (χ0) is 32.7. The Labute approximate surface area is 259 Å². The van der Waals surface area contributed by atoms with Gasteiger partial charge in [0.05, 0.1) is 42.1 Å². The number of nitrogens with one attached hydrogen (secondary N) is 1. The number of nitrogens with zero attached hydrogens (tertiary/aromatic N) is 1. The van der Waals surface area contributed by atoms with Crippen molar-refractivity contribution in [1.82, 2.24) is 9.62 Å². The van der Waals surface area contributed by atoms with Crippen molar-refractivity contribution in [2.45, 2.75) is 127 Å². The summed E-state index contributed by atoms with van der Waals surface area (Å²) in [6, 6.07) is -1.08. The summed E-state index contributed by atoms with van der Waals surface area (Å²) in [6.45, 7) is 7.65. The van der Waals surface area contributed by atoms with Gasteiger partial charge < -0.3 is 19.5 Å². The summed E-state index contributed by atoms with van der Waals surface area (Å²) in [5.74, 6) is -3.87. The number of halogens is 1. The minimum atomic E-state index is -4.30. The van der Waals surface area contributed by atoms with E-state index in [1.807, 2.05) is 26.0 Å². The number of allylic oxidation sites excluding steroid dienone is 2. The quantitative estimate of drug-likeness (QED) is 0.315. The van der Waals surface area contributed by atoms with Gasteiger partial charge in [0.15, 0.2) is 5.78 Å². The van der Waals surface area contributed by atoms with Crippen LogP contribution in [0.2, 0.25) is 0 Å². The van der Waals surface area contributed by atoms with Crippen molar-refractivity contribution in [1.29, 1.82) is 0 Å². The van der Waals surface area contributed by atoms with Crippen molar-refractivity contribution >= 4 is 33.6 Å². The number of carbonyl (C=O) groups is 4. The van der Waals surface area contributed by atoms with Crippen molar-refractivity contribution in [3.05, 3.63) is 12.2 Å². The first-order valence-electron chi connectivity index (χ1n) is 15.7. The van der Waals surface area contributed by atoms with Gasteiger partial charge in [-0.15, -0.1) is 0 Å². The largest absolute Gasteiger partial charge is 0.460 e. The molecule has 1 saturated heterocycles. The second-order valence-corrected chi connectivity index (χ2v) is 16.1. The molecule has 0 bridgehead atoms. The van der Waals surface area contributed by atoms with Crippen molar-refractivity contribution in [2.75, 3.05) is 13.2 Å². The molecule has 0 spiro atoms. The van der Waals surface area contributed by atoms with E-state index in [1.54, 1.807) is 20.8 Å². The lowest BCUT2D eigenvalue weighted by atomic mass is 9.90. The van der Waals surface area contributed by atoms with Crippen LogP contribution < -0.4 is 4.72 Å². The van der Waals surface area contributed by atoms with Crippen LogP contribution in [0.3, 0.4) is 0 Å². The van der Waals surface area contributed by atoms with Gasteiger partial charge in [0.25, 0.3) is 0 Å². The fourth-order valence-electron chi connectivity index (χ4n) is 6.45. The zero-order valence-corrected chi connectivity index (χ0v) is 27.2. The molecule has 4 rings (SSSR count). The molecule has 2 saturated carbocycles. The fourth-order valence-corrected chi connectivity index (χ4v) is 7.90. The third kappa shape index (κ3) is 7.36. The van der Waals surface area contributed by atoms with Crippen LogP contribution in [-0.2, 0) is 38.7 Å². The van der Waals surface area contributed by atoms with Crippen LogP contribution in [0.4, 0.5) is 4.39 Å². The van der Waals surface area contributed by atoms with Gasteiger partial charge >= 0.3 is 5.97 Å². The molecule has 13 heteroatoms. The van der Waals surface area contributed by atoms with Crippen molar-refractivity contribution in [3.63, 3.8) is 0 Å². The summed E-state index contributed by atoms with van der Waals surface area (Å²) in [6.07, 6.45) is 3.02. The van der Waals surface area contributed by atoms with Gasteiger partial charge in [0.2, 0.25) is 21.8 Å². The first-order valence-corrected chi connectivity index (χ1v) is 17.1. The normalized spacial score (nSPS) is 35.0. The summed E-state index contributed by atoms with van der Waals surface area (Å²) < 4.78 is 51.7. The molecule has 4 aliphatic rings. The predicted molar refractivity (Wildman–Crippen MR) is 158 cm³/mol. The Morgan fingerprint density at radius 1 is 1.25 bits per heavy atom. The molecule has 0 radical (unpaired) electrons. The molecule has 3 fully saturated rings. The second kappa shape index (κ2) is 12.8. The van der Waals surface area contributed by atoms with E-state index in [0.717, 1.165) is 0 Å². The van der Waals surface area contributed by atoms with E-state index < -0.39 is 86.1 Å². The Bertz CT molecular complexity index is 1270. The van der Waals surface area contributed by atoms with Crippen LogP contribution in [0.15, 0.2) is 12.2 Å². The van der Waals surface area contributed by atoms with E-state index in [2.05, 4.69) is 4.72 Å². The minimum Gasteiger partial charge on any atom is -0.460 e. The van der Waals surface area contributed by atoms with Gasteiger partial charge in [-0.2, -0.15) is 0 Å². The monoisotopic (exact) mass is 642 g/mol. The molecule has 7 atom stereocenters. The van der Waals surface area contributed by atoms with E-state index >= 15 is 0 Å². The summed E-state index contributed by atoms with van der Waals surface area (Å²) in [5.41, 5.74) is -2.16. The number of esters is 1. The van der Waals surface area contributed by atoms with Gasteiger partial charge in [-0.25, -0.2) is 12.8 Å². The SMILES string of the molecule is CC[C@@H]1O[C@H](C)CC/C=C\[C@@H]2C[C@@]2(C(=O)NS(=O)(=O)C2(CF)CC2)CC(=O)[C@@H]2C[C@@H](O)CN2C(=O)[C@H]1CC(=O)OC(C)(C)C. The molecule has 11 nitrogen and oxygen atoms in total. The summed E-state index contributed by atoms with van der Waals surface area (Å²) in [5, 5.41) is 10.6. The number of amides is 2. The Morgan fingerprint density at radius 2 is 1.93 bits per heavy atom. The number of hydrogen-bond donors (Lipinski definition) is 2. The highest BCUT2D eigenvalue weighted by atomic mass is 32.2. The van der Waals surface area contributed by atoms with Crippen LogP contribution in [0.5, 0.6) is 0 Å². The first kappa shape index (κ1) is 34.5. The number of alkyl halides is 1. The minimum absolute atomic E-state index is 0.0563. The van der Waals surface area contributed by atoms with Gasteiger partial charge in [-0.05, 0) is 72.1 Å². The smallest absolute Gasteiger partial charge is 0.307 e. The average Bonchev–Trinajstić information content (AvgIpc) is 3.82. The third-order valence-corrected chi connectivity index (χ3v) is 11.5. The highest BCUT2D eigenvalue weighted by Crippen LogP contribution is 2.57. The molecule has 2 aliphatic carbocycles. The maximum Gasteiger partial charge on any atom is 0.307 e. The van der Waals surface area contributed by atoms with E-state index in [0.29, 0.717) is 19.3 Å². The van der Waals surface area contributed by atoms with E-state index in [-0.39, 0.29) is 51.2 Å². The Balaban J connectivity index is 1.65. The molecule has 248 valence electrons. The first-order chi connectivity index (χ1) is 20.5. The molecule has 0 aromatic rings. The second-order valence-electron chi connectivity index (χ2n) is 14.1. The molecule has 0 aromatic heterocycles. The number of fused-ring (bicyclic) bond motifs is 2. The third-order valence-electron chi connectivity index (χ3n) is 9.35. The van der Waals surface area contributed by atoms with Gasteiger partial charge in [0, 0.05) is 19.4 Å². The number of carbonyl (C=O) groups excluding carboxylic acids is 4. The molecule has 2 N–H and O–H groups in total. The number of sulfonamides is 1. The van der Waals surface area contributed by atoms with Crippen molar-refractivity contribution in [2.24, 2.45) is 17.3 Å². The van der Waals surface area contributed by atoms with E-state index in [4.69, 9.17) is 9.47 Å². The Morgan fingerprint density at radius 3 is 2.52 bits per heavy atom. The number of ether oxygens (including phenoxy) is 2. The van der Waals surface area contributed by atoms with Crippen LogP contribution in [-0.4, -0.2) is 89.9 Å². The van der Waals surface area contributed by atoms with Crippen LogP contribution in [0.1, 0.15) is 92.4 Å². The maximum absolute atomic E-state index is 14.1. The van der Waals surface area contributed by atoms with Gasteiger partial charge in [-0.3, -0.25) is 23.9 Å². The topological polar surface area (TPSA) is 156 Å². The highest BCUT2D eigenvalue weighted by Gasteiger charge is 2.63. The molecule has 2 amide bonds. The number of rotatable bonds is 7. The molecular formula is C31H47FN2O9S. The molecular weight excluding hydrogens is 595 g/mol. The van der Waals surface area contributed by atoms with E-state index in [1.165, 1.54) is 4.90 Å². The number of aliphatic hydroxyl groups excluding tert-OH is 1. The van der Waals surface area contributed by atoms with Gasteiger partial charge in [-0.1, -0.05) is 19.1 Å². The van der Waals surface area contributed by atoms with Crippen molar-refractivity contribution in [3.8, 4) is 0 Å². The van der Waals surface area contributed by atoms with Crippen LogP contribution in [0.25, 0.3) is 0 Å². The lowest BCUT2D eigenvalue weighted by molar-refractivity contribution is -0.163. The predicted octanol–water partition coefficient (Wildman–Crippen LogP) is 2.74. The summed E-state index contributed by atoms with van der Waals surface area (Å²) >= 11 is 0. The molecule has 2 heterocycles. The Kier molecular flexibility index (Phi) is 10.0. The molecule has 2 aliphatic heterocycles. The van der Waals surface area contributed by atoms with E-state index in [9.17, 15) is 37.1 Å².